The Bertz CT molecular complexity index is 914. The molecule has 24 heavy (non-hydrogen) atoms. The van der Waals surface area contributed by atoms with Crippen molar-refractivity contribution >= 4 is 28.0 Å². The second kappa shape index (κ2) is 6.97. The minimum Gasteiger partial charge on any atom is -0.354 e. The van der Waals surface area contributed by atoms with Gasteiger partial charge in [0.15, 0.2) is 0 Å². The molecule has 5 nitrogen and oxygen atoms in total. The lowest BCUT2D eigenvalue weighted by Crippen LogP contribution is -2.35. The van der Waals surface area contributed by atoms with Gasteiger partial charge >= 0.3 is 0 Å². The van der Waals surface area contributed by atoms with Crippen molar-refractivity contribution in [3.63, 3.8) is 0 Å². The summed E-state index contributed by atoms with van der Waals surface area (Å²) in [4.78, 5) is 25.7. The van der Waals surface area contributed by atoms with Crippen molar-refractivity contribution in [2.75, 3.05) is 6.54 Å². The SMILES string of the molecule is CC(C)CNC(=O)Cn1nc(-c2cccs2)c2ccccc2c1=O. The highest BCUT2D eigenvalue weighted by Gasteiger charge is 2.14. The fraction of sp³-hybridized carbons (Fsp3) is 0.278. The Labute approximate surface area is 143 Å². The molecule has 2 aromatic heterocycles. The summed E-state index contributed by atoms with van der Waals surface area (Å²) < 4.78 is 1.26. The molecule has 0 aliphatic heterocycles. The van der Waals surface area contributed by atoms with Gasteiger partial charge < -0.3 is 5.32 Å². The molecule has 0 atom stereocenters. The Hall–Kier alpha value is -2.47. The second-order valence-corrected chi connectivity index (χ2v) is 6.98. The maximum absolute atomic E-state index is 12.6. The fourth-order valence-corrected chi connectivity index (χ4v) is 3.17. The summed E-state index contributed by atoms with van der Waals surface area (Å²) in [6.45, 7) is 4.55. The maximum Gasteiger partial charge on any atom is 0.275 e. The topological polar surface area (TPSA) is 64.0 Å². The van der Waals surface area contributed by atoms with Crippen LogP contribution in [0.5, 0.6) is 0 Å². The van der Waals surface area contributed by atoms with E-state index >= 15 is 0 Å². The van der Waals surface area contributed by atoms with Crippen molar-refractivity contribution in [2.24, 2.45) is 5.92 Å². The molecule has 2 heterocycles. The normalized spacial score (nSPS) is 11.1. The third-order valence-electron chi connectivity index (χ3n) is 3.62. The van der Waals surface area contributed by atoms with E-state index < -0.39 is 0 Å². The van der Waals surface area contributed by atoms with Gasteiger partial charge in [-0.25, -0.2) is 4.68 Å². The number of nitrogens with zero attached hydrogens (tertiary/aromatic N) is 2. The molecule has 0 fully saturated rings. The number of amides is 1. The quantitative estimate of drug-likeness (QED) is 0.776. The van der Waals surface area contributed by atoms with E-state index in [2.05, 4.69) is 10.4 Å². The number of aromatic nitrogens is 2. The largest absolute Gasteiger partial charge is 0.354 e. The Kier molecular flexibility index (Phi) is 4.76. The molecule has 0 unspecified atom stereocenters. The predicted molar refractivity (Wildman–Crippen MR) is 97.2 cm³/mol. The summed E-state index contributed by atoms with van der Waals surface area (Å²) in [5.41, 5.74) is 0.488. The standard InChI is InChI=1S/C18H19N3O2S/c1-12(2)10-19-16(22)11-21-18(23)14-7-4-3-6-13(14)17(20-21)15-8-5-9-24-15/h3-9,12H,10-11H2,1-2H3,(H,19,22). The fourth-order valence-electron chi connectivity index (χ4n) is 2.45. The summed E-state index contributed by atoms with van der Waals surface area (Å²) in [5.74, 6) is 0.155. The minimum atomic E-state index is -0.245. The summed E-state index contributed by atoms with van der Waals surface area (Å²) in [6.07, 6.45) is 0. The van der Waals surface area contributed by atoms with Gasteiger partial charge in [0.1, 0.15) is 12.2 Å². The van der Waals surface area contributed by atoms with Crippen molar-refractivity contribution in [1.29, 1.82) is 0 Å². The van der Waals surface area contributed by atoms with Crippen molar-refractivity contribution in [3.05, 3.63) is 52.1 Å². The highest BCUT2D eigenvalue weighted by Crippen LogP contribution is 2.28. The molecular weight excluding hydrogens is 322 g/mol. The zero-order valence-corrected chi connectivity index (χ0v) is 14.5. The Morgan fingerprint density at radius 2 is 1.96 bits per heavy atom. The highest BCUT2D eigenvalue weighted by atomic mass is 32.1. The molecule has 6 heteroatoms. The molecule has 0 saturated carbocycles. The van der Waals surface area contributed by atoms with Gasteiger partial charge in [0.2, 0.25) is 5.91 Å². The van der Waals surface area contributed by atoms with Gasteiger partial charge in [-0.05, 0) is 23.4 Å². The summed E-state index contributed by atoms with van der Waals surface area (Å²) in [7, 11) is 0. The first-order chi connectivity index (χ1) is 11.6. The van der Waals surface area contributed by atoms with Crippen LogP contribution < -0.4 is 10.9 Å². The van der Waals surface area contributed by atoms with Crippen LogP contribution in [0.3, 0.4) is 0 Å². The summed E-state index contributed by atoms with van der Waals surface area (Å²) in [5, 5.41) is 10.6. The third-order valence-corrected chi connectivity index (χ3v) is 4.50. The molecule has 0 bridgehead atoms. The predicted octanol–water partition coefficient (Wildman–Crippen LogP) is 2.90. The third kappa shape index (κ3) is 3.38. The van der Waals surface area contributed by atoms with Gasteiger partial charge in [-0.1, -0.05) is 38.1 Å². The number of hydrogen-bond donors (Lipinski definition) is 1. The van der Waals surface area contributed by atoms with Crippen LogP contribution in [-0.4, -0.2) is 22.2 Å². The zero-order valence-electron chi connectivity index (χ0n) is 13.7. The number of fused-ring (bicyclic) bond motifs is 1. The monoisotopic (exact) mass is 341 g/mol. The minimum absolute atomic E-state index is 0.0746. The first-order valence-corrected chi connectivity index (χ1v) is 8.74. The number of thiophene rings is 1. The number of hydrogen-bond acceptors (Lipinski definition) is 4. The van der Waals surface area contributed by atoms with Gasteiger partial charge in [-0.3, -0.25) is 9.59 Å². The molecule has 0 saturated heterocycles. The van der Waals surface area contributed by atoms with Crippen LogP contribution in [0.4, 0.5) is 0 Å². The van der Waals surface area contributed by atoms with E-state index in [-0.39, 0.29) is 18.0 Å². The van der Waals surface area contributed by atoms with Crippen LogP contribution in [0.2, 0.25) is 0 Å². The molecule has 0 radical (unpaired) electrons. The van der Waals surface area contributed by atoms with Crippen LogP contribution in [-0.2, 0) is 11.3 Å². The number of nitrogens with one attached hydrogen (secondary N) is 1. The van der Waals surface area contributed by atoms with Crippen molar-refractivity contribution in [2.45, 2.75) is 20.4 Å². The van der Waals surface area contributed by atoms with E-state index in [4.69, 9.17) is 0 Å². The maximum atomic E-state index is 12.6. The van der Waals surface area contributed by atoms with E-state index in [1.54, 1.807) is 17.4 Å². The Morgan fingerprint density at radius 3 is 2.62 bits per heavy atom. The molecule has 1 amide bonds. The van der Waals surface area contributed by atoms with Crippen LogP contribution >= 0.6 is 11.3 Å². The lowest BCUT2D eigenvalue weighted by molar-refractivity contribution is -0.122. The van der Waals surface area contributed by atoms with E-state index in [1.165, 1.54) is 4.68 Å². The average molecular weight is 341 g/mol. The Morgan fingerprint density at radius 1 is 1.21 bits per heavy atom. The molecule has 0 aliphatic rings. The van der Waals surface area contributed by atoms with E-state index in [9.17, 15) is 9.59 Å². The van der Waals surface area contributed by atoms with Crippen molar-refractivity contribution in [3.8, 4) is 10.6 Å². The van der Waals surface area contributed by atoms with Crippen LogP contribution in [0.15, 0.2) is 46.6 Å². The van der Waals surface area contributed by atoms with Gasteiger partial charge in [0, 0.05) is 11.9 Å². The summed E-state index contributed by atoms with van der Waals surface area (Å²) >= 11 is 1.56. The average Bonchev–Trinajstić information content (AvgIpc) is 3.10. The van der Waals surface area contributed by atoms with Crippen LogP contribution in [0, 0.1) is 5.92 Å². The Balaban J connectivity index is 2.04. The highest BCUT2D eigenvalue weighted by molar-refractivity contribution is 7.13. The molecule has 3 rings (SSSR count). The lowest BCUT2D eigenvalue weighted by Gasteiger charge is -2.11. The smallest absolute Gasteiger partial charge is 0.275 e. The van der Waals surface area contributed by atoms with Gasteiger partial charge in [-0.2, -0.15) is 5.10 Å². The van der Waals surface area contributed by atoms with Gasteiger partial charge in [0.25, 0.3) is 5.56 Å². The molecule has 1 N–H and O–H groups in total. The molecule has 0 aliphatic carbocycles. The number of rotatable bonds is 5. The number of carbonyl (C=O) groups is 1. The first-order valence-electron chi connectivity index (χ1n) is 7.86. The van der Waals surface area contributed by atoms with E-state index in [0.29, 0.717) is 17.8 Å². The molecule has 3 aromatic rings. The summed E-state index contributed by atoms with van der Waals surface area (Å²) in [6, 6.07) is 11.3. The number of benzene rings is 1. The molecular formula is C18H19N3O2S. The van der Waals surface area contributed by atoms with E-state index in [1.807, 2.05) is 49.6 Å². The molecule has 1 aromatic carbocycles. The molecule has 124 valence electrons. The first kappa shape index (κ1) is 16.4. The lowest BCUT2D eigenvalue weighted by atomic mass is 10.1. The zero-order chi connectivity index (χ0) is 17.1. The van der Waals surface area contributed by atoms with Crippen LogP contribution in [0.1, 0.15) is 13.8 Å². The number of carbonyl (C=O) groups excluding carboxylic acids is 1. The molecule has 0 spiro atoms. The second-order valence-electron chi connectivity index (χ2n) is 6.03. The van der Waals surface area contributed by atoms with Gasteiger partial charge in [0.05, 0.1) is 10.3 Å². The van der Waals surface area contributed by atoms with Crippen molar-refractivity contribution in [1.82, 2.24) is 15.1 Å². The van der Waals surface area contributed by atoms with Crippen molar-refractivity contribution < 1.29 is 4.79 Å². The van der Waals surface area contributed by atoms with E-state index in [0.717, 1.165) is 16.0 Å². The van der Waals surface area contributed by atoms with Crippen LogP contribution in [0.25, 0.3) is 21.3 Å². The van der Waals surface area contributed by atoms with Gasteiger partial charge in [-0.15, -0.1) is 11.3 Å².